The van der Waals surface area contributed by atoms with Gasteiger partial charge in [0.25, 0.3) is 0 Å². The zero-order valence-electron chi connectivity index (χ0n) is 20.1. The minimum Gasteiger partial charge on any atom is -0.462 e. The molecule has 2 aromatic carbocycles. The largest absolute Gasteiger partial charge is 0.462 e. The van der Waals surface area contributed by atoms with Crippen LogP contribution in [0, 0.1) is 11.2 Å². The smallest absolute Gasteiger partial charge is 0.339 e. The van der Waals surface area contributed by atoms with Crippen molar-refractivity contribution in [2.45, 2.75) is 39.0 Å². The normalized spacial score (nSPS) is 22.5. The second kappa shape index (κ2) is 8.20. The molecule has 2 heterocycles. The van der Waals surface area contributed by atoms with Crippen LogP contribution in [0.25, 0.3) is 0 Å². The zero-order valence-corrected chi connectivity index (χ0v) is 20.8. The molecule has 1 spiro atoms. The van der Waals surface area contributed by atoms with Gasteiger partial charge in [0.1, 0.15) is 22.6 Å². The van der Waals surface area contributed by atoms with Crippen molar-refractivity contribution in [3.05, 3.63) is 81.5 Å². The summed E-state index contributed by atoms with van der Waals surface area (Å²) in [7, 11) is 0. The summed E-state index contributed by atoms with van der Waals surface area (Å²) in [5, 5.41) is 3.00. The molecule has 0 aromatic heterocycles. The van der Waals surface area contributed by atoms with Crippen LogP contribution < -0.4 is 16.0 Å². The molecule has 2 aliphatic heterocycles. The third kappa shape index (κ3) is 3.27. The van der Waals surface area contributed by atoms with E-state index in [-0.39, 0.29) is 46.5 Å². The Bertz CT molecular complexity index is 1410. The molecule has 1 aliphatic carbocycles. The van der Waals surface area contributed by atoms with Gasteiger partial charge >= 0.3 is 5.97 Å². The molecule has 2 aromatic rings. The number of rotatable bonds is 3. The summed E-state index contributed by atoms with van der Waals surface area (Å²) in [6, 6.07) is 10.9. The average Bonchev–Trinajstić information content (AvgIpc) is 3.06. The van der Waals surface area contributed by atoms with Crippen molar-refractivity contribution >= 4 is 40.6 Å². The molecule has 0 saturated carbocycles. The van der Waals surface area contributed by atoms with Gasteiger partial charge in [0.05, 0.1) is 12.3 Å². The summed E-state index contributed by atoms with van der Waals surface area (Å²) in [5.41, 5.74) is 5.53. The summed E-state index contributed by atoms with van der Waals surface area (Å²) in [5.74, 6) is -2.62. The van der Waals surface area contributed by atoms with E-state index in [1.165, 1.54) is 17.0 Å². The number of nitrogens with one attached hydrogen (secondary N) is 1. The number of halogens is 2. The molecule has 0 saturated heterocycles. The molecule has 3 N–H and O–H groups in total. The molecule has 1 atom stereocenters. The number of ether oxygens (including phenoxy) is 1. The first-order valence-corrected chi connectivity index (χ1v) is 12.0. The van der Waals surface area contributed by atoms with Crippen LogP contribution in [0.1, 0.15) is 39.2 Å². The van der Waals surface area contributed by atoms with Gasteiger partial charge in [0, 0.05) is 34.0 Å². The van der Waals surface area contributed by atoms with Crippen molar-refractivity contribution in [1.29, 1.82) is 0 Å². The van der Waals surface area contributed by atoms with E-state index in [0.29, 0.717) is 23.4 Å². The maximum Gasteiger partial charge on any atom is 0.339 e. The fourth-order valence-electron chi connectivity index (χ4n) is 5.63. The second-order valence-electron chi connectivity index (χ2n) is 9.92. The van der Waals surface area contributed by atoms with Gasteiger partial charge < -0.3 is 15.8 Å². The predicted octanol–water partition coefficient (Wildman–Crippen LogP) is 4.57. The average molecular weight is 510 g/mol. The van der Waals surface area contributed by atoms with E-state index in [1.54, 1.807) is 31.2 Å². The number of Topliss-reactive ketones (excluding diaryl/α,β-unsaturated/α-hetero) is 1. The highest BCUT2D eigenvalue weighted by atomic mass is 35.5. The number of hydrogen-bond donors (Lipinski definition) is 2. The Kier molecular flexibility index (Phi) is 5.48. The Labute approximate surface area is 212 Å². The second-order valence-corrected chi connectivity index (χ2v) is 10.4. The summed E-state index contributed by atoms with van der Waals surface area (Å²) < 4.78 is 20.7. The van der Waals surface area contributed by atoms with E-state index in [2.05, 4.69) is 5.32 Å². The molecule has 186 valence electrons. The number of para-hydroxylation sites is 1. The topological polar surface area (TPSA) is 102 Å². The van der Waals surface area contributed by atoms with Gasteiger partial charge in [-0.1, -0.05) is 43.6 Å². The lowest BCUT2D eigenvalue weighted by Crippen LogP contribution is -2.54. The Hall–Kier alpha value is -3.65. The molecule has 5 rings (SSSR count). The van der Waals surface area contributed by atoms with Crippen LogP contribution in [-0.4, -0.2) is 24.3 Å². The van der Waals surface area contributed by atoms with Crippen molar-refractivity contribution < 1.29 is 23.5 Å². The Morgan fingerprint density at radius 3 is 2.61 bits per heavy atom. The van der Waals surface area contributed by atoms with Crippen LogP contribution in [0.5, 0.6) is 0 Å². The van der Waals surface area contributed by atoms with Gasteiger partial charge in [-0.3, -0.25) is 14.5 Å². The molecule has 9 heteroatoms. The minimum absolute atomic E-state index is 0.0111. The quantitative estimate of drug-likeness (QED) is 0.588. The number of carbonyl (C=O) groups is 3. The lowest BCUT2D eigenvalue weighted by molar-refractivity contribution is -0.140. The fraction of sp³-hybridized carbons (Fsp3) is 0.296. The molecule has 3 aliphatic rings. The highest BCUT2D eigenvalue weighted by Gasteiger charge is 2.63. The lowest BCUT2D eigenvalue weighted by Gasteiger charge is -2.47. The summed E-state index contributed by atoms with van der Waals surface area (Å²) in [4.78, 5) is 42.7. The van der Waals surface area contributed by atoms with E-state index >= 15 is 4.39 Å². The van der Waals surface area contributed by atoms with Crippen LogP contribution in [0.3, 0.4) is 0 Å². The molecule has 0 fully saturated rings. The standard InChI is InChI=1S/C27H25ClFN3O4/c1-4-36-24(34)22-23(30)32(18-10-9-14(28)11-16(18)29)19-12-26(2,3)13-20(33)21(19)27(22)15-7-5-6-8-17(15)31-25(27)35/h5-11H,4,12-13,30H2,1-3H3,(H,31,35). The zero-order chi connectivity index (χ0) is 26.0. The van der Waals surface area contributed by atoms with Crippen molar-refractivity contribution in [2.75, 3.05) is 16.8 Å². The highest BCUT2D eigenvalue weighted by Crippen LogP contribution is 2.57. The molecule has 1 amide bonds. The van der Waals surface area contributed by atoms with Gasteiger partial charge in [-0.2, -0.15) is 0 Å². The van der Waals surface area contributed by atoms with Gasteiger partial charge in [0.15, 0.2) is 5.78 Å². The monoisotopic (exact) mass is 509 g/mol. The van der Waals surface area contributed by atoms with E-state index < -0.39 is 28.5 Å². The summed E-state index contributed by atoms with van der Waals surface area (Å²) in [6.45, 7) is 5.47. The van der Waals surface area contributed by atoms with Gasteiger partial charge in [-0.15, -0.1) is 0 Å². The van der Waals surface area contributed by atoms with E-state index in [1.807, 2.05) is 13.8 Å². The van der Waals surface area contributed by atoms with Gasteiger partial charge in [-0.05, 0) is 43.0 Å². The summed E-state index contributed by atoms with van der Waals surface area (Å²) in [6.07, 6.45) is 0.445. The molecule has 36 heavy (non-hydrogen) atoms. The first-order chi connectivity index (χ1) is 17.0. The number of benzene rings is 2. The Balaban J connectivity index is 1.93. The number of carbonyl (C=O) groups excluding carboxylic acids is 3. The number of allylic oxidation sites excluding steroid dienone is 1. The molecule has 7 nitrogen and oxygen atoms in total. The van der Waals surface area contributed by atoms with E-state index in [9.17, 15) is 14.4 Å². The molecule has 0 radical (unpaired) electrons. The first-order valence-electron chi connectivity index (χ1n) is 11.6. The fourth-order valence-corrected chi connectivity index (χ4v) is 5.79. The van der Waals surface area contributed by atoms with E-state index in [0.717, 1.165) is 6.07 Å². The first kappa shape index (κ1) is 24.1. The van der Waals surface area contributed by atoms with Crippen LogP contribution in [0.4, 0.5) is 15.8 Å². The van der Waals surface area contributed by atoms with Crippen LogP contribution in [0.2, 0.25) is 5.02 Å². The lowest BCUT2D eigenvalue weighted by atomic mass is 9.60. The molecule has 1 unspecified atom stereocenters. The SMILES string of the molecule is CCOC(=O)C1=C(N)N(c2ccc(Cl)cc2F)C2=C(C(=O)CC(C)(C)C2)C12C(=O)Nc1ccccc12. The molecular weight excluding hydrogens is 485 g/mol. The Morgan fingerprint density at radius 1 is 1.19 bits per heavy atom. The Morgan fingerprint density at radius 2 is 1.92 bits per heavy atom. The maximum atomic E-state index is 15.3. The number of nitrogens with zero attached hydrogens (tertiary/aromatic N) is 1. The number of ketones is 1. The molecular formula is C27H25ClFN3O4. The predicted molar refractivity (Wildman–Crippen MR) is 134 cm³/mol. The van der Waals surface area contributed by atoms with Crippen molar-refractivity contribution in [3.63, 3.8) is 0 Å². The third-order valence-corrected chi connectivity index (χ3v) is 7.15. The van der Waals surface area contributed by atoms with Crippen molar-refractivity contribution in [1.82, 2.24) is 0 Å². The van der Waals surface area contributed by atoms with Crippen LogP contribution in [-0.2, 0) is 24.5 Å². The van der Waals surface area contributed by atoms with Crippen molar-refractivity contribution in [3.8, 4) is 0 Å². The number of esters is 1. The highest BCUT2D eigenvalue weighted by molar-refractivity contribution is 6.30. The summed E-state index contributed by atoms with van der Waals surface area (Å²) >= 11 is 6.00. The number of fused-ring (bicyclic) bond motifs is 3. The number of hydrogen-bond acceptors (Lipinski definition) is 6. The van der Waals surface area contributed by atoms with Gasteiger partial charge in [0.2, 0.25) is 5.91 Å². The van der Waals surface area contributed by atoms with Crippen LogP contribution >= 0.6 is 11.6 Å². The minimum atomic E-state index is -1.82. The third-order valence-electron chi connectivity index (χ3n) is 6.92. The number of nitrogens with two attached hydrogens (primary N) is 1. The van der Waals surface area contributed by atoms with Gasteiger partial charge in [-0.25, -0.2) is 9.18 Å². The van der Waals surface area contributed by atoms with Crippen LogP contribution in [0.15, 0.2) is 65.1 Å². The number of amides is 1. The van der Waals surface area contributed by atoms with E-state index in [4.69, 9.17) is 22.1 Å². The number of anilines is 2. The maximum absolute atomic E-state index is 15.3. The molecule has 0 bridgehead atoms. The van der Waals surface area contributed by atoms with Crippen molar-refractivity contribution in [2.24, 2.45) is 11.1 Å².